The van der Waals surface area contributed by atoms with Gasteiger partial charge in [-0.25, -0.2) is 0 Å². The molecule has 0 aliphatic carbocycles. The summed E-state index contributed by atoms with van der Waals surface area (Å²) in [6, 6.07) is 0. The van der Waals surface area contributed by atoms with Crippen molar-refractivity contribution < 1.29 is 4.79 Å². The zero-order chi connectivity index (χ0) is 12.2. The van der Waals surface area contributed by atoms with E-state index in [-0.39, 0.29) is 5.78 Å². The number of Topliss-reactive ketones (excluding diaryl/α,β-unsaturated/α-hetero) is 1. The third kappa shape index (κ3) is 7.18. The maximum Gasteiger partial charge on any atom is 0.162 e. The Morgan fingerprint density at radius 3 is 2.50 bits per heavy atom. The molecular formula is C14H23NO. The lowest BCUT2D eigenvalue weighted by atomic mass is 10.0. The lowest BCUT2D eigenvalue weighted by Gasteiger charge is -2.01. The Balaban J connectivity index is 3.93. The predicted octanol–water partition coefficient (Wildman–Crippen LogP) is 3.15. The Morgan fingerprint density at radius 1 is 1.25 bits per heavy atom. The number of allylic oxidation sites excluding steroid dienone is 5. The van der Waals surface area contributed by atoms with Gasteiger partial charge in [-0.2, -0.15) is 0 Å². The summed E-state index contributed by atoms with van der Waals surface area (Å²) in [7, 11) is 0. The second-order valence-electron chi connectivity index (χ2n) is 3.73. The fraction of sp³-hybridized carbons (Fsp3) is 0.500. The third-order valence-electron chi connectivity index (χ3n) is 2.32. The molecule has 0 aliphatic rings. The van der Waals surface area contributed by atoms with E-state index in [0.29, 0.717) is 6.42 Å². The molecule has 0 radical (unpaired) electrons. The van der Waals surface area contributed by atoms with Gasteiger partial charge in [-0.15, -0.1) is 0 Å². The average Bonchev–Trinajstić information content (AvgIpc) is 2.28. The molecule has 0 aromatic carbocycles. The lowest BCUT2D eigenvalue weighted by molar-refractivity contribution is -0.115. The van der Waals surface area contributed by atoms with Crippen molar-refractivity contribution in [2.45, 2.75) is 39.0 Å². The van der Waals surface area contributed by atoms with E-state index < -0.39 is 0 Å². The van der Waals surface area contributed by atoms with Crippen LogP contribution in [0.1, 0.15) is 39.0 Å². The highest BCUT2D eigenvalue weighted by molar-refractivity contribution is 5.98. The number of ketones is 1. The number of hydrogen-bond acceptors (Lipinski definition) is 2. The van der Waals surface area contributed by atoms with Gasteiger partial charge in [-0.05, 0) is 26.3 Å². The highest BCUT2D eigenvalue weighted by Crippen LogP contribution is 2.09. The van der Waals surface area contributed by atoms with Crippen LogP contribution in [0.15, 0.2) is 36.5 Å². The SMILES string of the molecule is C=C/C=C(\C=C/C)C(=O)CCCCCCN. The molecule has 0 aromatic heterocycles. The zero-order valence-electron chi connectivity index (χ0n) is 10.2. The van der Waals surface area contributed by atoms with E-state index in [0.717, 1.165) is 37.8 Å². The molecule has 0 rings (SSSR count). The fourth-order valence-corrected chi connectivity index (χ4v) is 1.48. The number of carbonyl (C=O) groups is 1. The summed E-state index contributed by atoms with van der Waals surface area (Å²) >= 11 is 0. The molecule has 0 aromatic rings. The van der Waals surface area contributed by atoms with Crippen molar-refractivity contribution in [1.82, 2.24) is 0 Å². The van der Waals surface area contributed by atoms with Gasteiger partial charge >= 0.3 is 0 Å². The monoisotopic (exact) mass is 221 g/mol. The first-order valence-electron chi connectivity index (χ1n) is 5.95. The van der Waals surface area contributed by atoms with E-state index in [2.05, 4.69) is 6.58 Å². The highest BCUT2D eigenvalue weighted by atomic mass is 16.1. The van der Waals surface area contributed by atoms with Crippen molar-refractivity contribution in [1.29, 1.82) is 0 Å². The Bertz CT molecular complexity index is 264. The first kappa shape index (κ1) is 14.8. The minimum absolute atomic E-state index is 0.200. The van der Waals surface area contributed by atoms with Crippen molar-refractivity contribution >= 4 is 5.78 Å². The van der Waals surface area contributed by atoms with Gasteiger partial charge < -0.3 is 5.73 Å². The second kappa shape index (κ2) is 10.4. The van der Waals surface area contributed by atoms with Crippen LogP contribution < -0.4 is 5.73 Å². The normalized spacial score (nSPS) is 12.0. The molecule has 2 N–H and O–H groups in total. The molecule has 2 heteroatoms. The van der Waals surface area contributed by atoms with E-state index in [4.69, 9.17) is 5.73 Å². The first-order chi connectivity index (χ1) is 7.76. The molecule has 0 amide bonds. The number of rotatable bonds is 9. The largest absolute Gasteiger partial charge is 0.330 e. The van der Waals surface area contributed by atoms with Gasteiger partial charge in [0.15, 0.2) is 5.78 Å². The second-order valence-corrected chi connectivity index (χ2v) is 3.73. The molecule has 0 aliphatic heterocycles. The quantitative estimate of drug-likeness (QED) is 0.369. The average molecular weight is 221 g/mol. The van der Waals surface area contributed by atoms with E-state index in [9.17, 15) is 4.79 Å². The molecule has 16 heavy (non-hydrogen) atoms. The Hall–Kier alpha value is -1.15. The van der Waals surface area contributed by atoms with Crippen LogP contribution >= 0.6 is 0 Å². The minimum Gasteiger partial charge on any atom is -0.330 e. The smallest absolute Gasteiger partial charge is 0.162 e. The summed E-state index contributed by atoms with van der Waals surface area (Å²) < 4.78 is 0. The van der Waals surface area contributed by atoms with Crippen LogP contribution in [0.5, 0.6) is 0 Å². The maximum atomic E-state index is 11.8. The Labute approximate surface area is 98.9 Å². The summed E-state index contributed by atoms with van der Waals surface area (Å²) in [6.45, 7) is 6.26. The fourth-order valence-electron chi connectivity index (χ4n) is 1.48. The van der Waals surface area contributed by atoms with Gasteiger partial charge in [0.2, 0.25) is 0 Å². The van der Waals surface area contributed by atoms with Crippen LogP contribution in [-0.2, 0) is 4.79 Å². The molecule has 0 saturated carbocycles. The molecule has 0 fully saturated rings. The lowest BCUT2D eigenvalue weighted by Crippen LogP contribution is -2.01. The first-order valence-corrected chi connectivity index (χ1v) is 5.95. The molecule has 0 atom stereocenters. The molecule has 0 heterocycles. The molecule has 0 bridgehead atoms. The van der Waals surface area contributed by atoms with Crippen molar-refractivity contribution in [3.8, 4) is 0 Å². The van der Waals surface area contributed by atoms with Gasteiger partial charge in [-0.1, -0.05) is 43.7 Å². The number of carbonyl (C=O) groups excluding carboxylic acids is 1. The molecule has 90 valence electrons. The molecular weight excluding hydrogens is 198 g/mol. The van der Waals surface area contributed by atoms with E-state index in [1.54, 1.807) is 12.2 Å². The van der Waals surface area contributed by atoms with Crippen molar-refractivity contribution in [2.24, 2.45) is 5.73 Å². The van der Waals surface area contributed by atoms with Crippen LogP contribution in [0.2, 0.25) is 0 Å². The summed E-state index contributed by atoms with van der Waals surface area (Å²) in [5.74, 6) is 0.200. The molecule has 0 saturated heterocycles. The highest BCUT2D eigenvalue weighted by Gasteiger charge is 2.04. The topological polar surface area (TPSA) is 43.1 Å². The van der Waals surface area contributed by atoms with Crippen molar-refractivity contribution in [3.05, 3.63) is 36.5 Å². The summed E-state index contributed by atoms with van der Waals surface area (Å²) in [6.07, 6.45) is 12.0. The van der Waals surface area contributed by atoms with Crippen LogP contribution in [0.4, 0.5) is 0 Å². The Morgan fingerprint density at radius 2 is 1.94 bits per heavy atom. The van der Waals surface area contributed by atoms with Crippen LogP contribution in [0.3, 0.4) is 0 Å². The van der Waals surface area contributed by atoms with E-state index >= 15 is 0 Å². The molecule has 2 nitrogen and oxygen atoms in total. The summed E-state index contributed by atoms with van der Waals surface area (Å²) in [5, 5.41) is 0. The summed E-state index contributed by atoms with van der Waals surface area (Å²) in [5.41, 5.74) is 6.15. The maximum absolute atomic E-state index is 11.8. The van der Waals surface area contributed by atoms with Gasteiger partial charge in [-0.3, -0.25) is 4.79 Å². The third-order valence-corrected chi connectivity index (χ3v) is 2.32. The Kier molecular flexibility index (Phi) is 9.63. The van der Waals surface area contributed by atoms with Crippen molar-refractivity contribution in [2.75, 3.05) is 6.54 Å². The molecule has 0 unspecified atom stereocenters. The van der Waals surface area contributed by atoms with E-state index in [1.807, 2.05) is 19.1 Å². The summed E-state index contributed by atoms with van der Waals surface area (Å²) in [4.78, 5) is 11.8. The van der Waals surface area contributed by atoms with Gasteiger partial charge in [0.25, 0.3) is 0 Å². The van der Waals surface area contributed by atoms with Gasteiger partial charge in [0.1, 0.15) is 0 Å². The predicted molar refractivity (Wildman–Crippen MR) is 70.2 cm³/mol. The number of unbranched alkanes of at least 4 members (excludes halogenated alkanes) is 3. The van der Waals surface area contributed by atoms with Crippen LogP contribution in [0, 0.1) is 0 Å². The van der Waals surface area contributed by atoms with Crippen molar-refractivity contribution in [3.63, 3.8) is 0 Å². The number of hydrogen-bond donors (Lipinski definition) is 1. The standard InChI is InChI=1S/C14H23NO/c1-3-9-13(10-4-2)14(16)11-7-5-6-8-12-15/h3-4,9-10H,1,5-8,11-12,15H2,2H3/b10-4-,13-9+. The number of nitrogens with two attached hydrogens (primary N) is 1. The van der Waals surface area contributed by atoms with Gasteiger partial charge in [0.05, 0.1) is 0 Å². The zero-order valence-corrected chi connectivity index (χ0v) is 10.2. The minimum atomic E-state index is 0.200. The van der Waals surface area contributed by atoms with E-state index in [1.165, 1.54) is 0 Å². The molecule has 0 spiro atoms. The van der Waals surface area contributed by atoms with Crippen LogP contribution in [-0.4, -0.2) is 12.3 Å². The van der Waals surface area contributed by atoms with Crippen LogP contribution in [0.25, 0.3) is 0 Å². The van der Waals surface area contributed by atoms with Gasteiger partial charge in [0, 0.05) is 12.0 Å².